The van der Waals surface area contributed by atoms with Gasteiger partial charge >= 0.3 is 0 Å². The maximum Gasteiger partial charge on any atom is 0.298 e. The van der Waals surface area contributed by atoms with E-state index < -0.39 is 25.1 Å². The average Bonchev–Trinajstić information content (AvgIpc) is 2.91. The highest BCUT2D eigenvalue weighted by Gasteiger charge is 2.26. The van der Waals surface area contributed by atoms with Gasteiger partial charge in [-0.15, -0.1) is 0 Å². The SMILES string of the molecule is CCCCCCCCCCc1cccc(S(=O)(=O)O)c1Oc1cccc(CCCCCCCCCC)c1S(=O)(=O)O. The monoisotopic (exact) mass is 610 g/mol. The Morgan fingerprint density at radius 2 is 1.00 bits per heavy atom. The molecule has 0 amide bonds. The maximum absolute atomic E-state index is 12.5. The van der Waals surface area contributed by atoms with E-state index in [-0.39, 0.29) is 16.4 Å². The number of ether oxygens (including phenoxy) is 1. The van der Waals surface area contributed by atoms with Gasteiger partial charge in [0.15, 0.2) is 5.75 Å². The van der Waals surface area contributed by atoms with Gasteiger partial charge in [0.25, 0.3) is 20.2 Å². The van der Waals surface area contributed by atoms with Gasteiger partial charge < -0.3 is 4.74 Å². The minimum atomic E-state index is -4.67. The van der Waals surface area contributed by atoms with Crippen LogP contribution >= 0.6 is 0 Å². The van der Waals surface area contributed by atoms with Crippen molar-refractivity contribution in [2.75, 3.05) is 0 Å². The summed E-state index contributed by atoms with van der Waals surface area (Å²) in [7, 11) is -9.32. The topological polar surface area (TPSA) is 118 Å². The Morgan fingerprint density at radius 3 is 1.49 bits per heavy atom. The van der Waals surface area contributed by atoms with Crippen molar-refractivity contribution in [1.29, 1.82) is 0 Å². The molecule has 0 aromatic heterocycles. The predicted molar refractivity (Wildman–Crippen MR) is 165 cm³/mol. The minimum Gasteiger partial charge on any atom is -0.454 e. The molecule has 2 aromatic rings. The van der Waals surface area contributed by atoms with Crippen LogP contribution in [-0.4, -0.2) is 25.9 Å². The third-order valence-corrected chi connectivity index (χ3v) is 9.32. The molecule has 41 heavy (non-hydrogen) atoms. The van der Waals surface area contributed by atoms with Gasteiger partial charge in [0, 0.05) is 0 Å². The summed E-state index contributed by atoms with van der Waals surface area (Å²) in [6.45, 7) is 4.37. The molecule has 2 rings (SSSR count). The van der Waals surface area contributed by atoms with Gasteiger partial charge in [0.05, 0.1) is 0 Å². The van der Waals surface area contributed by atoms with Crippen LogP contribution in [0.4, 0.5) is 0 Å². The predicted octanol–water partition coefficient (Wildman–Crippen LogP) is 9.34. The van der Waals surface area contributed by atoms with Crippen LogP contribution in [0.25, 0.3) is 0 Å². The Bertz CT molecular complexity index is 1250. The largest absolute Gasteiger partial charge is 0.454 e. The molecule has 0 fully saturated rings. The summed E-state index contributed by atoms with van der Waals surface area (Å²) in [6, 6.07) is 9.19. The lowest BCUT2D eigenvalue weighted by Gasteiger charge is -2.18. The fourth-order valence-corrected chi connectivity index (χ4v) is 6.74. The van der Waals surface area contributed by atoms with Gasteiger partial charge in [0.2, 0.25) is 0 Å². The molecule has 0 radical (unpaired) electrons. The summed E-state index contributed by atoms with van der Waals surface area (Å²) in [5, 5.41) is 0. The smallest absolute Gasteiger partial charge is 0.298 e. The van der Waals surface area contributed by atoms with Crippen LogP contribution < -0.4 is 4.74 Å². The Morgan fingerprint density at radius 1 is 0.561 bits per heavy atom. The third-order valence-electron chi connectivity index (χ3n) is 7.47. The minimum absolute atomic E-state index is 0.105. The van der Waals surface area contributed by atoms with Gasteiger partial charge in [-0.25, -0.2) is 0 Å². The number of hydrogen-bond donors (Lipinski definition) is 2. The first-order chi connectivity index (χ1) is 19.6. The second kappa shape index (κ2) is 18.6. The highest BCUT2D eigenvalue weighted by atomic mass is 32.2. The van der Waals surface area contributed by atoms with Crippen LogP contribution in [0.15, 0.2) is 46.2 Å². The Hall–Kier alpha value is -1.94. The number of aryl methyl sites for hydroxylation is 2. The molecule has 0 aliphatic heterocycles. The quantitative estimate of drug-likeness (QED) is 0.101. The van der Waals surface area contributed by atoms with Crippen molar-refractivity contribution in [1.82, 2.24) is 0 Å². The van der Waals surface area contributed by atoms with Crippen molar-refractivity contribution < 1.29 is 30.7 Å². The first-order valence-corrected chi connectivity index (χ1v) is 18.3. The first kappa shape index (κ1) is 35.3. The van der Waals surface area contributed by atoms with Crippen LogP contribution in [0.2, 0.25) is 0 Å². The summed E-state index contributed by atoms with van der Waals surface area (Å²) in [6.07, 6.45) is 18.6. The zero-order valence-corrected chi connectivity index (χ0v) is 26.6. The molecular formula is C32H50O7S2. The molecule has 232 valence electrons. The van der Waals surface area contributed by atoms with Crippen molar-refractivity contribution in [3.05, 3.63) is 47.5 Å². The molecule has 2 aromatic carbocycles. The number of rotatable bonds is 22. The molecule has 0 bridgehead atoms. The van der Waals surface area contributed by atoms with E-state index in [0.717, 1.165) is 51.4 Å². The molecule has 7 nitrogen and oxygen atoms in total. The highest BCUT2D eigenvalue weighted by molar-refractivity contribution is 7.86. The van der Waals surface area contributed by atoms with Crippen LogP contribution in [-0.2, 0) is 33.1 Å². The average molecular weight is 611 g/mol. The molecule has 9 heteroatoms. The summed E-state index contributed by atoms with van der Waals surface area (Å²) < 4.78 is 75.6. The number of hydrogen-bond acceptors (Lipinski definition) is 5. The fraction of sp³-hybridized carbons (Fsp3) is 0.625. The summed E-state index contributed by atoms with van der Waals surface area (Å²) >= 11 is 0. The number of para-hydroxylation sites is 1. The lowest BCUT2D eigenvalue weighted by molar-refractivity contribution is 0.427. The molecular weight excluding hydrogens is 560 g/mol. The number of unbranched alkanes of at least 4 members (excludes halogenated alkanes) is 14. The first-order valence-electron chi connectivity index (χ1n) is 15.5. The Labute approximate surface area is 248 Å². The van der Waals surface area contributed by atoms with Gasteiger partial charge in [-0.3, -0.25) is 9.11 Å². The van der Waals surface area contributed by atoms with Crippen LogP contribution in [0.3, 0.4) is 0 Å². The molecule has 2 N–H and O–H groups in total. The van der Waals surface area contributed by atoms with E-state index in [1.807, 2.05) is 0 Å². The Kier molecular flexibility index (Phi) is 16.0. The summed E-state index contributed by atoms with van der Waals surface area (Å²) in [5.41, 5.74) is 0.978. The second-order valence-corrected chi connectivity index (χ2v) is 13.7. The van der Waals surface area contributed by atoms with Crippen molar-refractivity contribution in [3.63, 3.8) is 0 Å². The molecule has 0 heterocycles. The molecule has 0 aliphatic carbocycles. The van der Waals surface area contributed by atoms with Crippen molar-refractivity contribution in [2.45, 2.75) is 139 Å². The van der Waals surface area contributed by atoms with Crippen LogP contribution in [0.5, 0.6) is 11.5 Å². The highest BCUT2D eigenvalue weighted by Crippen LogP contribution is 2.38. The van der Waals surface area contributed by atoms with Crippen molar-refractivity contribution >= 4 is 20.2 Å². The molecule has 0 unspecified atom stereocenters. The maximum atomic E-state index is 12.5. The second-order valence-electron chi connectivity index (χ2n) is 11.0. The van der Waals surface area contributed by atoms with E-state index in [1.165, 1.54) is 63.5 Å². The normalized spacial score (nSPS) is 12.1. The van der Waals surface area contributed by atoms with E-state index in [1.54, 1.807) is 24.3 Å². The fourth-order valence-electron chi connectivity index (χ4n) is 5.22. The molecule has 0 saturated heterocycles. The van der Waals surface area contributed by atoms with E-state index in [2.05, 4.69) is 13.8 Å². The van der Waals surface area contributed by atoms with E-state index >= 15 is 0 Å². The summed E-state index contributed by atoms with van der Waals surface area (Å²) in [4.78, 5) is -0.782. The van der Waals surface area contributed by atoms with Crippen molar-refractivity contribution in [3.8, 4) is 11.5 Å². The Balaban J connectivity index is 2.21. The lowest BCUT2D eigenvalue weighted by Crippen LogP contribution is -2.08. The van der Waals surface area contributed by atoms with Crippen LogP contribution in [0, 0.1) is 0 Å². The standard InChI is InChI=1S/C32H50O7S2/c1-3-5-7-9-11-13-15-17-21-27-23-20-26-30(40(33,34)35)31(27)39-29-25-19-24-28(32(29)41(36,37)38)22-18-16-14-12-10-8-6-4-2/h19-20,23-26H,3-18,21-22H2,1-2H3,(H,33,34,35)(H,36,37,38). The van der Waals surface area contributed by atoms with E-state index in [9.17, 15) is 25.9 Å². The van der Waals surface area contributed by atoms with Crippen molar-refractivity contribution in [2.24, 2.45) is 0 Å². The lowest BCUT2D eigenvalue weighted by atomic mass is 10.0. The van der Waals surface area contributed by atoms with Gasteiger partial charge in [-0.2, -0.15) is 16.8 Å². The molecule has 0 atom stereocenters. The van der Waals surface area contributed by atoms with Gasteiger partial charge in [-0.05, 0) is 48.9 Å². The van der Waals surface area contributed by atoms with Gasteiger partial charge in [0.1, 0.15) is 15.5 Å². The number of benzene rings is 2. The van der Waals surface area contributed by atoms with E-state index in [0.29, 0.717) is 24.0 Å². The molecule has 0 saturated carbocycles. The molecule has 0 spiro atoms. The van der Waals surface area contributed by atoms with E-state index in [4.69, 9.17) is 4.74 Å². The zero-order chi connectivity index (χ0) is 30.1. The zero-order valence-electron chi connectivity index (χ0n) is 24.9. The third kappa shape index (κ3) is 12.8. The summed E-state index contributed by atoms with van der Waals surface area (Å²) in [5.74, 6) is -0.259. The molecule has 0 aliphatic rings. The van der Waals surface area contributed by atoms with Crippen LogP contribution in [0.1, 0.15) is 128 Å². The van der Waals surface area contributed by atoms with Gasteiger partial charge in [-0.1, -0.05) is 128 Å².